The lowest BCUT2D eigenvalue weighted by atomic mass is 10.1. The minimum Gasteiger partial charge on any atom is -0.380 e. The number of piperidine rings is 1. The maximum atomic E-state index is 11.9. The third-order valence-electron chi connectivity index (χ3n) is 2.82. The molecule has 1 aromatic heterocycles. The Morgan fingerprint density at radius 3 is 3.24 bits per heavy atom. The van der Waals surface area contributed by atoms with Gasteiger partial charge in [0.15, 0.2) is 0 Å². The quantitative estimate of drug-likeness (QED) is 0.835. The summed E-state index contributed by atoms with van der Waals surface area (Å²) in [6.07, 6.45) is 5.12. The number of amides is 2. The number of aromatic nitrogens is 2. The van der Waals surface area contributed by atoms with Gasteiger partial charge in [-0.1, -0.05) is 0 Å². The Bertz CT molecular complexity index is 371. The van der Waals surface area contributed by atoms with E-state index in [4.69, 9.17) is 4.74 Å². The molecule has 0 aromatic carbocycles. The normalized spacial score (nSPS) is 20.1. The van der Waals surface area contributed by atoms with Gasteiger partial charge in [-0.15, -0.1) is 0 Å². The second kappa shape index (κ2) is 5.58. The third kappa shape index (κ3) is 3.13. The molecule has 6 nitrogen and oxygen atoms in total. The Balaban J connectivity index is 1.91. The molecule has 92 valence electrons. The Kier molecular flexibility index (Phi) is 3.87. The summed E-state index contributed by atoms with van der Waals surface area (Å²) in [5, 5.41) is 2.74. The standard InChI is InChI=1S/C11H16N4O2/c1-17-9-3-2-6-15(7-9)11(16)14-10-4-5-12-8-13-10/h4-5,8-9H,2-3,6-7H2,1H3,(H,12,13,14,16)/t9-/m0/s1. The average Bonchev–Trinajstić information content (AvgIpc) is 2.40. The van der Waals surface area contributed by atoms with Crippen molar-refractivity contribution in [1.82, 2.24) is 14.9 Å². The highest BCUT2D eigenvalue weighted by Crippen LogP contribution is 2.13. The van der Waals surface area contributed by atoms with Crippen LogP contribution in [0.15, 0.2) is 18.6 Å². The van der Waals surface area contributed by atoms with Crippen LogP contribution in [0.25, 0.3) is 0 Å². The Morgan fingerprint density at radius 1 is 1.65 bits per heavy atom. The average molecular weight is 236 g/mol. The number of nitrogens with zero attached hydrogens (tertiary/aromatic N) is 3. The van der Waals surface area contributed by atoms with Crippen molar-refractivity contribution >= 4 is 11.8 Å². The van der Waals surface area contributed by atoms with Gasteiger partial charge in [-0.2, -0.15) is 0 Å². The van der Waals surface area contributed by atoms with Crippen molar-refractivity contribution in [2.45, 2.75) is 18.9 Å². The first kappa shape index (κ1) is 11.8. The van der Waals surface area contributed by atoms with Gasteiger partial charge >= 0.3 is 6.03 Å². The van der Waals surface area contributed by atoms with Gasteiger partial charge in [-0.3, -0.25) is 5.32 Å². The number of urea groups is 1. The molecule has 2 rings (SSSR count). The molecule has 1 atom stereocenters. The highest BCUT2D eigenvalue weighted by Gasteiger charge is 2.23. The van der Waals surface area contributed by atoms with Crippen LogP contribution in [0.4, 0.5) is 10.6 Å². The van der Waals surface area contributed by atoms with E-state index in [1.807, 2.05) is 0 Å². The summed E-state index contributed by atoms with van der Waals surface area (Å²) in [5.74, 6) is 0.518. The van der Waals surface area contributed by atoms with Gasteiger partial charge in [0, 0.05) is 26.4 Å². The SMILES string of the molecule is CO[C@H]1CCCN(C(=O)Nc2ccncn2)C1. The first-order valence-electron chi connectivity index (χ1n) is 5.64. The lowest BCUT2D eigenvalue weighted by molar-refractivity contribution is 0.0458. The smallest absolute Gasteiger partial charge is 0.323 e. The van der Waals surface area contributed by atoms with Crippen molar-refractivity contribution < 1.29 is 9.53 Å². The molecule has 2 amide bonds. The molecule has 0 radical (unpaired) electrons. The number of hydrogen-bond acceptors (Lipinski definition) is 4. The van der Waals surface area contributed by atoms with Crippen molar-refractivity contribution in [3.05, 3.63) is 18.6 Å². The molecule has 0 spiro atoms. The van der Waals surface area contributed by atoms with Gasteiger partial charge in [0.25, 0.3) is 0 Å². The van der Waals surface area contributed by atoms with E-state index in [0.717, 1.165) is 19.4 Å². The number of methoxy groups -OCH3 is 1. The maximum absolute atomic E-state index is 11.9. The second-order valence-electron chi connectivity index (χ2n) is 3.97. The van der Waals surface area contributed by atoms with E-state index >= 15 is 0 Å². The summed E-state index contributed by atoms with van der Waals surface area (Å²) in [4.78, 5) is 21.4. The van der Waals surface area contributed by atoms with Crippen molar-refractivity contribution in [2.24, 2.45) is 0 Å². The van der Waals surface area contributed by atoms with Gasteiger partial charge in [0.2, 0.25) is 0 Å². The van der Waals surface area contributed by atoms with Crippen LogP contribution >= 0.6 is 0 Å². The highest BCUT2D eigenvalue weighted by atomic mass is 16.5. The molecule has 0 aliphatic carbocycles. The summed E-state index contributed by atoms with van der Waals surface area (Å²) < 4.78 is 5.27. The lowest BCUT2D eigenvalue weighted by Gasteiger charge is -2.31. The van der Waals surface area contributed by atoms with Gasteiger partial charge in [0.1, 0.15) is 12.1 Å². The fourth-order valence-electron chi connectivity index (χ4n) is 1.87. The van der Waals surface area contributed by atoms with Gasteiger partial charge < -0.3 is 9.64 Å². The Hall–Kier alpha value is -1.69. The van der Waals surface area contributed by atoms with Crippen molar-refractivity contribution in [3.63, 3.8) is 0 Å². The van der Waals surface area contributed by atoms with Crippen molar-refractivity contribution in [3.8, 4) is 0 Å². The van der Waals surface area contributed by atoms with E-state index in [1.165, 1.54) is 6.33 Å². The molecule has 1 saturated heterocycles. The van der Waals surface area contributed by atoms with E-state index < -0.39 is 0 Å². The Labute approximate surface area is 100 Å². The molecule has 17 heavy (non-hydrogen) atoms. The topological polar surface area (TPSA) is 67.3 Å². The first-order valence-corrected chi connectivity index (χ1v) is 5.64. The zero-order chi connectivity index (χ0) is 12.1. The zero-order valence-corrected chi connectivity index (χ0v) is 9.80. The van der Waals surface area contributed by atoms with Crippen LogP contribution in [-0.4, -0.2) is 47.2 Å². The number of hydrogen-bond donors (Lipinski definition) is 1. The minimum absolute atomic E-state index is 0.134. The van der Waals surface area contributed by atoms with Crippen LogP contribution in [0.1, 0.15) is 12.8 Å². The number of rotatable bonds is 2. The van der Waals surface area contributed by atoms with Crippen LogP contribution in [0.5, 0.6) is 0 Å². The molecule has 1 aliphatic heterocycles. The van der Waals surface area contributed by atoms with E-state index in [2.05, 4.69) is 15.3 Å². The number of ether oxygens (including phenoxy) is 1. The van der Waals surface area contributed by atoms with Crippen LogP contribution in [-0.2, 0) is 4.74 Å². The molecular weight excluding hydrogens is 220 g/mol. The molecule has 0 unspecified atom stereocenters. The molecule has 0 saturated carbocycles. The van der Waals surface area contributed by atoms with E-state index in [1.54, 1.807) is 24.3 Å². The van der Waals surface area contributed by atoms with E-state index in [-0.39, 0.29) is 12.1 Å². The maximum Gasteiger partial charge on any atom is 0.323 e. The predicted molar refractivity (Wildman–Crippen MR) is 62.7 cm³/mol. The number of nitrogens with one attached hydrogen (secondary N) is 1. The molecule has 1 aromatic rings. The van der Waals surface area contributed by atoms with E-state index in [0.29, 0.717) is 12.4 Å². The minimum atomic E-state index is -0.134. The Morgan fingerprint density at radius 2 is 2.53 bits per heavy atom. The van der Waals surface area contributed by atoms with Crippen LogP contribution in [0, 0.1) is 0 Å². The lowest BCUT2D eigenvalue weighted by Crippen LogP contribution is -2.45. The number of carbonyl (C=O) groups is 1. The third-order valence-corrected chi connectivity index (χ3v) is 2.82. The van der Waals surface area contributed by atoms with Gasteiger partial charge in [0.05, 0.1) is 6.10 Å². The van der Waals surface area contributed by atoms with Crippen molar-refractivity contribution in [1.29, 1.82) is 0 Å². The van der Waals surface area contributed by atoms with E-state index in [9.17, 15) is 4.79 Å². The fraction of sp³-hybridized carbons (Fsp3) is 0.545. The summed E-state index contributed by atoms with van der Waals surface area (Å²) in [7, 11) is 1.68. The van der Waals surface area contributed by atoms with Gasteiger partial charge in [-0.05, 0) is 18.9 Å². The monoisotopic (exact) mass is 236 g/mol. The number of carbonyl (C=O) groups excluding carboxylic acids is 1. The molecule has 1 fully saturated rings. The molecule has 2 heterocycles. The van der Waals surface area contributed by atoms with Gasteiger partial charge in [-0.25, -0.2) is 14.8 Å². The molecule has 0 bridgehead atoms. The van der Waals surface area contributed by atoms with Crippen LogP contribution in [0.2, 0.25) is 0 Å². The molecule has 1 N–H and O–H groups in total. The number of anilines is 1. The second-order valence-corrected chi connectivity index (χ2v) is 3.97. The summed E-state index contributed by atoms with van der Waals surface area (Å²) >= 11 is 0. The summed E-state index contributed by atoms with van der Waals surface area (Å²) in [6, 6.07) is 1.53. The van der Waals surface area contributed by atoms with Crippen LogP contribution < -0.4 is 5.32 Å². The molecular formula is C11H16N4O2. The molecule has 6 heteroatoms. The van der Waals surface area contributed by atoms with Crippen LogP contribution in [0.3, 0.4) is 0 Å². The highest BCUT2D eigenvalue weighted by molar-refractivity contribution is 5.88. The largest absolute Gasteiger partial charge is 0.380 e. The first-order chi connectivity index (χ1) is 8.29. The fourth-order valence-corrected chi connectivity index (χ4v) is 1.87. The number of likely N-dealkylation sites (tertiary alicyclic amines) is 1. The summed E-state index contributed by atoms with van der Waals surface area (Å²) in [5.41, 5.74) is 0. The predicted octanol–water partition coefficient (Wildman–Crippen LogP) is 1.12. The molecule has 1 aliphatic rings. The van der Waals surface area contributed by atoms with Crippen molar-refractivity contribution in [2.75, 3.05) is 25.5 Å². The zero-order valence-electron chi connectivity index (χ0n) is 9.80. The summed E-state index contributed by atoms with van der Waals surface area (Å²) in [6.45, 7) is 1.39.